The molecule has 1 aromatic carbocycles. The van der Waals surface area contributed by atoms with Crippen molar-refractivity contribution in [2.75, 3.05) is 10.6 Å². The van der Waals surface area contributed by atoms with E-state index in [0.717, 1.165) is 6.42 Å². The summed E-state index contributed by atoms with van der Waals surface area (Å²) in [6.07, 6.45) is 0.565. The zero-order valence-electron chi connectivity index (χ0n) is 10.7. The maximum Gasteiger partial charge on any atom is 0.235 e. The minimum atomic E-state index is -0.378. The lowest BCUT2D eigenvalue weighted by molar-refractivity contribution is -0.123. The Labute approximate surface area is 115 Å². The van der Waals surface area contributed by atoms with Gasteiger partial charge < -0.3 is 10.6 Å². The van der Waals surface area contributed by atoms with Crippen molar-refractivity contribution < 1.29 is 9.59 Å². The molecule has 0 atom stereocenters. The standard InChI is InChI=1S/C13H13N5O2/c19-10-8-11(20)15-13-12(14-10)16-17-18(13)7-6-9-4-2-1-3-5-9/h1-5H,6-8H2,(H,14,19)(H,15,20). The molecule has 0 fully saturated rings. The van der Waals surface area contributed by atoms with Gasteiger partial charge in [-0.25, -0.2) is 4.68 Å². The molecule has 2 N–H and O–H groups in total. The van der Waals surface area contributed by atoms with Crippen LogP contribution in [0.4, 0.5) is 11.6 Å². The van der Waals surface area contributed by atoms with Gasteiger partial charge in [0, 0.05) is 6.54 Å². The monoisotopic (exact) mass is 271 g/mol. The molecule has 1 aliphatic heterocycles. The van der Waals surface area contributed by atoms with Crippen LogP contribution < -0.4 is 10.6 Å². The van der Waals surface area contributed by atoms with E-state index in [1.165, 1.54) is 5.56 Å². The second-order valence-corrected chi connectivity index (χ2v) is 4.52. The van der Waals surface area contributed by atoms with Gasteiger partial charge in [-0.3, -0.25) is 9.59 Å². The molecule has 7 nitrogen and oxygen atoms in total. The maximum atomic E-state index is 11.5. The maximum absolute atomic E-state index is 11.5. The summed E-state index contributed by atoms with van der Waals surface area (Å²) in [6.45, 7) is 0.572. The number of aromatic nitrogens is 3. The van der Waals surface area contributed by atoms with E-state index in [9.17, 15) is 9.59 Å². The highest BCUT2D eigenvalue weighted by molar-refractivity contribution is 6.12. The van der Waals surface area contributed by atoms with E-state index in [2.05, 4.69) is 20.9 Å². The van der Waals surface area contributed by atoms with Gasteiger partial charge in [0.1, 0.15) is 6.42 Å². The number of rotatable bonds is 3. The number of amides is 2. The number of aryl methyl sites for hydroxylation is 2. The third-order valence-corrected chi connectivity index (χ3v) is 3.03. The Morgan fingerprint density at radius 1 is 1.10 bits per heavy atom. The van der Waals surface area contributed by atoms with Gasteiger partial charge >= 0.3 is 0 Å². The Morgan fingerprint density at radius 3 is 2.65 bits per heavy atom. The minimum absolute atomic E-state index is 0.199. The number of carbonyl (C=O) groups excluding carboxylic acids is 2. The lowest BCUT2D eigenvalue weighted by Crippen LogP contribution is -2.18. The van der Waals surface area contributed by atoms with Gasteiger partial charge in [-0.1, -0.05) is 35.5 Å². The molecule has 20 heavy (non-hydrogen) atoms. The fourth-order valence-electron chi connectivity index (χ4n) is 2.06. The summed E-state index contributed by atoms with van der Waals surface area (Å²) in [6, 6.07) is 9.95. The number of anilines is 2. The number of fused-ring (bicyclic) bond motifs is 1. The summed E-state index contributed by atoms with van der Waals surface area (Å²) in [5.74, 6) is 0.00608. The van der Waals surface area contributed by atoms with Crippen molar-refractivity contribution >= 4 is 23.5 Å². The number of hydrogen-bond donors (Lipinski definition) is 2. The van der Waals surface area contributed by atoms with Crippen molar-refractivity contribution in [2.24, 2.45) is 0 Å². The molecule has 2 heterocycles. The van der Waals surface area contributed by atoms with E-state index in [1.54, 1.807) is 4.68 Å². The number of carbonyl (C=O) groups is 2. The van der Waals surface area contributed by atoms with Gasteiger partial charge in [0.15, 0.2) is 11.6 Å². The van der Waals surface area contributed by atoms with Crippen LogP contribution in [0.15, 0.2) is 30.3 Å². The van der Waals surface area contributed by atoms with Crippen LogP contribution >= 0.6 is 0 Å². The summed E-state index contributed by atoms with van der Waals surface area (Å²) in [5, 5.41) is 13.0. The van der Waals surface area contributed by atoms with Gasteiger partial charge in [-0.15, -0.1) is 5.10 Å². The molecular formula is C13H13N5O2. The normalized spacial score (nSPS) is 14.2. The van der Waals surface area contributed by atoms with E-state index in [-0.39, 0.29) is 18.2 Å². The second-order valence-electron chi connectivity index (χ2n) is 4.52. The molecule has 0 spiro atoms. The second kappa shape index (κ2) is 5.12. The highest BCUT2D eigenvalue weighted by Crippen LogP contribution is 2.21. The zero-order chi connectivity index (χ0) is 13.9. The summed E-state index contributed by atoms with van der Waals surface area (Å²) in [5.41, 5.74) is 1.17. The molecule has 7 heteroatoms. The summed E-state index contributed by atoms with van der Waals surface area (Å²) < 4.78 is 1.59. The Kier molecular flexibility index (Phi) is 3.16. The molecule has 2 aromatic rings. The Bertz CT molecular complexity index is 650. The van der Waals surface area contributed by atoms with Crippen molar-refractivity contribution in [1.82, 2.24) is 15.0 Å². The van der Waals surface area contributed by atoms with Gasteiger partial charge in [-0.05, 0) is 12.0 Å². The summed E-state index contributed by atoms with van der Waals surface area (Å²) in [4.78, 5) is 22.9. The lowest BCUT2D eigenvalue weighted by atomic mass is 10.1. The van der Waals surface area contributed by atoms with Gasteiger partial charge in [0.25, 0.3) is 0 Å². The van der Waals surface area contributed by atoms with Crippen LogP contribution in [0.1, 0.15) is 12.0 Å². The van der Waals surface area contributed by atoms with Gasteiger partial charge in [0.05, 0.1) is 0 Å². The topological polar surface area (TPSA) is 88.9 Å². The predicted molar refractivity (Wildman–Crippen MR) is 72.0 cm³/mol. The van der Waals surface area contributed by atoms with Crippen LogP contribution in [-0.2, 0) is 22.6 Å². The molecule has 0 bridgehead atoms. The fraction of sp³-hybridized carbons (Fsp3) is 0.231. The molecule has 3 rings (SSSR count). The van der Waals surface area contributed by atoms with Crippen LogP contribution in [0.3, 0.4) is 0 Å². The lowest BCUT2D eigenvalue weighted by Gasteiger charge is -2.06. The highest BCUT2D eigenvalue weighted by Gasteiger charge is 2.23. The van der Waals surface area contributed by atoms with Crippen molar-refractivity contribution in [1.29, 1.82) is 0 Å². The van der Waals surface area contributed by atoms with Crippen molar-refractivity contribution in [2.45, 2.75) is 19.4 Å². The molecule has 0 saturated heterocycles. The average molecular weight is 271 g/mol. The molecule has 1 aliphatic rings. The first-order chi connectivity index (χ1) is 9.72. The number of benzene rings is 1. The minimum Gasteiger partial charge on any atom is -0.307 e. The fourth-order valence-corrected chi connectivity index (χ4v) is 2.06. The Morgan fingerprint density at radius 2 is 1.85 bits per heavy atom. The van der Waals surface area contributed by atoms with Crippen LogP contribution in [0.25, 0.3) is 0 Å². The van der Waals surface area contributed by atoms with E-state index in [4.69, 9.17) is 0 Å². The van der Waals surface area contributed by atoms with E-state index >= 15 is 0 Å². The first-order valence-electron chi connectivity index (χ1n) is 6.29. The number of hydrogen-bond acceptors (Lipinski definition) is 4. The first-order valence-corrected chi connectivity index (χ1v) is 6.29. The van der Waals surface area contributed by atoms with Crippen molar-refractivity contribution in [3.05, 3.63) is 35.9 Å². The molecule has 2 amide bonds. The molecule has 0 unspecified atom stereocenters. The van der Waals surface area contributed by atoms with E-state index in [0.29, 0.717) is 18.2 Å². The van der Waals surface area contributed by atoms with E-state index in [1.807, 2.05) is 30.3 Å². The third-order valence-electron chi connectivity index (χ3n) is 3.03. The Hall–Kier alpha value is -2.70. The average Bonchev–Trinajstić information content (AvgIpc) is 2.72. The molecule has 0 saturated carbocycles. The van der Waals surface area contributed by atoms with Crippen LogP contribution in [-0.4, -0.2) is 26.8 Å². The summed E-state index contributed by atoms with van der Waals surface area (Å²) >= 11 is 0. The van der Waals surface area contributed by atoms with E-state index < -0.39 is 0 Å². The largest absolute Gasteiger partial charge is 0.307 e. The number of nitrogens with one attached hydrogen (secondary N) is 2. The van der Waals surface area contributed by atoms with Crippen LogP contribution in [0, 0.1) is 0 Å². The first kappa shape index (κ1) is 12.3. The predicted octanol–water partition coefficient (Wildman–Crippen LogP) is 0.801. The van der Waals surface area contributed by atoms with Crippen LogP contribution in [0.5, 0.6) is 0 Å². The van der Waals surface area contributed by atoms with Crippen LogP contribution in [0.2, 0.25) is 0 Å². The Balaban J connectivity index is 1.78. The molecule has 1 aromatic heterocycles. The summed E-state index contributed by atoms with van der Waals surface area (Å²) in [7, 11) is 0. The molecule has 102 valence electrons. The molecule has 0 radical (unpaired) electrons. The smallest absolute Gasteiger partial charge is 0.235 e. The SMILES string of the molecule is O=C1CC(=O)Nc2c(nnn2CCc2ccccc2)N1. The van der Waals surface area contributed by atoms with Crippen molar-refractivity contribution in [3.63, 3.8) is 0 Å². The molecular weight excluding hydrogens is 258 g/mol. The molecule has 0 aliphatic carbocycles. The third kappa shape index (κ3) is 2.51. The van der Waals surface area contributed by atoms with Gasteiger partial charge in [-0.2, -0.15) is 0 Å². The van der Waals surface area contributed by atoms with Crippen molar-refractivity contribution in [3.8, 4) is 0 Å². The van der Waals surface area contributed by atoms with Gasteiger partial charge in [0.2, 0.25) is 11.8 Å². The number of nitrogens with zero attached hydrogens (tertiary/aromatic N) is 3. The quantitative estimate of drug-likeness (QED) is 0.808. The zero-order valence-corrected chi connectivity index (χ0v) is 10.7. The highest BCUT2D eigenvalue weighted by atomic mass is 16.2.